The lowest BCUT2D eigenvalue weighted by atomic mass is 9.77. The topological polar surface area (TPSA) is 83.0 Å². The Hall–Kier alpha value is -2.93. The van der Waals surface area contributed by atoms with Crippen molar-refractivity contribution in [3.05, 3.63) is 59.4 Å². The fourth-order valence-corrected chi connectivity index (χ4v) is 6.09. The average Bonchev–Trinajstić information content (AvgIpc) is 2.89. The number of fused-ring (bicyclic) bond motifs is 1. The van der Waals surface area contributed by atoms with Crippen LogP contribution in [0.25, 0.3) is 0 Å². The van der Waals surface area contributed by atoms with Crippen LogP contribution < -0.4 is 0 Å². The molecule has 1 aromatic carbocycles. The Morgan fingerprint density at radius 1 is 1.11 bits per heavy atom. The minimum absolute atomic E-state index is 0.0185. The van der Waals surface area contributed by atoms with Gasteiger partial charge in [0.2, 0.25) is 11.8 Å². The molecule has 36 heavy (non-hydrogen) atoms. The zero-order valence-corrected chi connectivity index (χ0v) is 21.2. The third-order valence-electron chi connectivity index (χ3n) is 8.45. The van der Waals surface area contributed by atoms with Crippen molar-refractivity contribution >= 4 is 11.8 Å². The van der Waals surface area contributed by atoms with Crippen LogP contribution >= 0.6 is 0 Å². The van der Waals surface area contributed by atoms with Crippen LogP contribution in [0.15, 0.2) is 42.6 Å². The molecule has 2 heterocycles. The Labute approximate surface area is 213 Å². The number of ether oxygens (including phenoxy) is 1. The van der Waals surface area contributed by atoms with Gasteiger partial charge in [-0.1, -0.05) is 31.4 Å². The predicted molar refractivity (Wildman–Crippen MR) is 136 cm³/mol. The van der Waals surface area contributed by atoms with Gasteiger partial charge in [-0.25, -0.2) is 0 Å². The zero-order valence-electron chi connectivity index (χ0n) is 21.2. The van der Waals surface area contributed by atoms with Crippen molar-refractivity contribution in [2.24, 2.45) is 0 Å². The molecule has 1 N–H and O–H groups in total. The van der Waals surface area contributed by atoms with Crippen molar-refractivity contribution < 1.29 is 19.4 Å². The van der Waals surface area contributed by atoms with Crippen LogP contribution in [0.4, 0.5) is 0 Å². The number of carbonyl (C=O) groups is 2. The maximum atomic E-state index is 14.3. The normalized spacial score (nSPS) is 21.4. The van der Waals surface area contributed by atoms with Crippen LogP contribution in [-0.4, -0.2) is 56.5 Å². The fourth-order valence-electron chi connectivity index (χ4n) is 6.09. The van der Waals surface area contributed by atoms with E-state index in [0.717, 1.165) is 61.8 Å². The number of rotatable bonds is 7. The number of nitrogens with zero attached hydrogens (tertiary/aromatic N) is 3. The first kappa shape index (κ1) is 24.8. The molecule has 3 aliphatic rings. The molecule has 2 fully saturated rings. The Bertz CT molecular complexity index is 1070. The van der Waals surface area contributed by atoms with Crippen molar-refractivity contribution in [2.45, 2.75) is 95.0 Å². The second-order valence-electron chi connectivity index (χ2n) is 10.7. The zero-order chi connectivity index (χ0) is 25.1. The van der Waals surface area contributed by atoms with Crippen LogP contribution in [0.2, 0.25) is 0 Å². The predicted octanol–water partition coefficient (Wildman–Crippen LogP) is 4.36. The van der Waals surface area contributed by atoms with Gasteiger partial charge in [0.25, 0.3) is 0 Å². The van der Waals surface area contributed by atoms with E-state index >= 15 is 0 Å². The number of phenols is 1. The van der Waals surface area contributed by atoms with Crippen molar-refractivity contribution in [3.8, 4) is 5.75 Å². The van der Waals surface area contributed by atoms with E-state index < -0.39 is 11.6 Å². The summed E-state index contributed by atoms with van der Waals surface area (Å²) < 4.78 is 5.75. The van der Waals surface area contributed by atoms with Crippen LogP contribution in [0.3, 0.4) is 0 Å². The van der Waals surface area contributed by atoms with Gasteiger partial charge in [-0.05, 0) is 67.5 Å². The molecular weight excluding hydrogens is 454 g/mol. The van der Waals surface area contributed by atoms with E-state index in [1.165, 1.54) is 6.42 Å². The van der Waals surface area contributed by atoms with Crippen molar-refractivity contribution in [1.29, 1.82) is 0 Å². The lowest BCUT2D eigenvalue weighted by Gasteiger charge is -2.45. The first-order valence-electron chi connectivity index (χ1n) is 13.3. The smallest absolute Gasteiger partial charge is 0.246 e. The van der Waals surface area contributed by atoms with E-state index in [1.807, 2.05) is 29.2 Å². The van der Waals surface area contributed by atoms with Gasteiger partial charge in [0, 0.05) is 32.3 Å². The number of hydrogen-bond acceptors (Lipinski definition) is 5. The fraction of sp³-hybridized carbons (Fsp3) is 0.552. The van der Waals surface area contributed by atoms with Gasteiger partial charge >= 0.3 is 0 Å². The largest absolute Gasteiger partial charge is 0.508 e. The number of aromatic nitrogens is 1. The lowest BCUT2D eigenvalue weighted by Crippen LogP contribution is -2.57. The summed E-state index contributed by atoms with van der Waals surface area (Å²) in [6.45, 7) is 0.810. The first-order valence-corrected chi connectivity index (χ1v) is 13.3. The van der Waals surface area contributed by atoms with Crippen LogP contribution in [0.1, 0.15) is 74.6 Å². The summed E-state index contributed by atoms with van der Waals surface area (Å²) in [4.78, 5) is 36.3. The van der Waals surface area contributed by atoms with Gasteiger partial charge < -0.3 is 19.6 Å². The molecule has 7 heteroatoms. The number of hydrogen-bond donors (Lipinski definition) is 1. The number of pyridine rings is 1. The van der Waals surface area contributed by atoms with Crippen molar-refractivity contribution in [3.63, 3.8) is 0 Å². The summed E-state index contributed by atoms with van der Waals surface area (Å²) in [7, 11) is 1.68. The minimum Gasteiger partial charge on any atom is -0.508 e. The molecular formula is C29H37N3O4. The van der Waals surface area contributed by atoms with Gasteiger partial charge in [0.05, 0.1) is 24.3 Å². The molecule has 2 aromatic rings. The maximum absolute atomic E-state index is 14.3. The molecule has 1 aliphatic heterocycles. The standard InChI is InChI=1S/C29H37N3O4/c1-36-29(13-7-14-29)18-27(34)32-19-21-11-12-25(33)16-22(21)17-26(32)28(35)31(24-9-3-2-4-10-24)20-23-8-5-6-15-30-23/h5-6,8,11-12,15-16,24,26,33H,2-4,7,9-10,13-14,17-20H2,1H3/t26-/m1/s1. The molecule has 7 nitrogen and oxygen atoms in total. The number of carbonyl (C=O) groups excluding carboxylic acids is 2. The molecule has 0 spiro atoms. The molecule has 1 atom stereocenters. The number of methoxy groups -OCH3 is 1. The van der Waals surface area contributed by atoms with Gasteiger partial charge in [0.1, 0.15) is 11.8 Å². The van der Waals surface area contributed by atoms with Crippen LogP contribution in [-0.2, 0) is 33.8 Å². The molecule has 0 saturated heterocycles. The molecule has 0 radical (unpaired) electrons. The number of benzene rings is 1. The van der Waals surface area contributed by atoms with Crippen molar-refractivity contribution in [2.75, 3.05) is 7.11 Å². The summed E-state index contributed by atoms with van der Waals surface area (Å²) in [5, 5.41) is 10.1. The summed E-state index contributed by atoms with van der Waals surface area (Å²) in [6, 6.07) is 10.6. The Morgan fingerprint density at radius 3 is 2.58 bits per heavy atom. The van der Waals surface area contributed by atoms with Crippen LogP contribution in [0.5, 0.6) is 5.75 Å². The molecule has 192 valence electrons. The highest BCUT2D eigenvalue weighted by Crippen LogP contribution is 2.39. The molecule has 2 saturated carbocycles. The number of amides is 2. The van der Waals surface area contributed by atoms with E-state index in [9.17, 15) is 14.7 Å². The highest BCUT2D eigenvalue weighted by molar-refractivity contribution is 5.89. The Balaban J connectivity index is 1.46. The van der Waals surface area contributed by atoms with Gasteiger partial charge in [-0.3, -0.25) is 14.6 Å². The number of aromatic hydroxyl groups is 1. The highest BCUT2D eigenvalue weighted by Gasteiger charge is 2.44. The second-order valence-corrected chi connectivity index (χ2v) is 10.7. The summed E-state index contributed by atoms with van der Waals surface area (Å²) in [5.74, 6) is 0.134. The van der Waals surface area contributed by atoms with Gasteiger partial charge in [0.15, 0.2) is 0 Å². The lowest BCUT2D eigenvalue weighted by molar-refractivity contribution is -0.156. The molecule has 0 bridgehead atoms. The Morgan fingerprint density at radius 2 is 1.92 bits per heavy atom. The van der Waals surface area contributed by atoms with E-state index in [1.54, 1.807) is 30.3 Å². The molecule has 2 amide bonds. The van der Waals surface area contributed by atoms with E-state index in [2.05, 4.69) is 4.98 Å². The molecule has 2 aliphatic carbocycles. The van der Waals surface area contributed by atoms with Crippen LogP contribution in [0, 0.1) is 0 Å². The van der Waals surface area contributed by atoms with E-state index in [-0.39, 0.29) is 23.6 Å². The monoisotopic (exact) mass is 491 g/mol. The summed E-state index contributed by atoms with van der Waals surface area (Å²) in [6.07, 6.45) is 10.6. The second kappa shape index (κ2) is 10.6. The molecule has 5 rings (SSSR count). The minimum atomic E-state index is -0.605. The van der Waals surface area contributed by atoms with E-state index in [4.69, 9.17) is 4.74 Å². The molecule has 1 aromatic heterocycles. The first-order chi connectivity index (χ1) is 17.5. The quantitative estimate of drug-likeness (QED) is 0.622. The highest BCUT2D eigenvalue weighted by atomic mass is 16.5. The summed E-state index contributed by atoms with van der Waals surface area (Å²) in [5.41, 5.74) is 2.37. The SMILES string of the molecule is COC1(CC(=O)N2Cc3ccc(O)cc3C[C@@H]2C(=O)N(Cc2ccccn2)C2CCCCC2)CCC1. The number of phenolic OH excluding ortho intramolecular Hbond substituents is 1. The average molecular weight is 492 g/mol. The molecule has 0 unspecified atom stereocenters. The Kier molecular flexibility index (Phi) is 7.28. The maximum Gasteiger partial charge on any atom is 0.246 e. The third-order valence-corrected chi connectivity index (χ3v) is 8.45. The van der Waals surface area contributed by atoms with Crippen molar-refractivity contribution in [1.82, 2.24) is 14.8 Å². The van der Waals surface area contributed by atoms with Gasteiger partial charge in [-0.15, -0.1) is 0 Å². The summed E-state index contributed by atoms with van der Waals surface area (Å²) >= 11 is 0. The van der Waals surface area contributed by atoms with Gasteiger partial charge in [-0.2, -0.15) is 0 Å². The van der Waals surface area contributed by atoms with E-state index in [0.29, 0.717) is 25.9 Å². The third kappa shape index (κ3) is 5.12.